The molecule has 2 N–H and O–H groups in total. The molecule has 1 aromatic rings. The summed E-state index contributed by atoms with van der Waals surface area (Å²) in [6.45, 7) is 1.71. The summed E-state index contributed by atoms with van der Waals surface area (Å²) >= 11 is 0. The van der Waals surface area contributed by atoms with Crippen molar-refractivity contribution in [2.45, 2.75) is 43.7 Å². The summed E-state index contributed by atoms with van der Waals surface area (Å²) < 4.78 is 28.6. The highest BCUT2D eigenvalue weighted by Gasteiger charge is 2.34. The molecule has 0 aliphatic heterocycles. The zero-order chi connectivity index (χ0) is 14.9. The van der Waals surface area contributed by atoms with E-state index in [4.69, 9.17) is 5.11 Å². The number of aromatic nitrogens is 2. The van der Waals surface area contributed by atoms with Gasteiger partial charge < -0.3 is 9.67 Å². The van der Waals surface area contributed by atoms with E-state index in [1.165, 1.54) is 6.20 Å². The number of imidazole rings is 1. The predicted molar refractivity (Wildman–Crippen MR) is 71.6 cm³/mol. The van der Waals surface area contributed by atoms with E-state index in [9.17, 15) is 13.2 Å². The lowest BCUT2D eigenvalue weighted by Gasteiger charge is -2.28. The van der Waals surface area contributed by atoms with Crippen LogP contribution in [0.3, 0.4) is 0 Å². The van der Waals surface area contributed by atoms with Gasteiger partial charge in [0.05, 0.1) is 5.92 Å². The lowest BCUT2D eigenvalue weighted by molar-refractivity contribution is -0.143. The van der Waals surface area contributed by atoms with E-state index < -0.39 is 28.0 Å². The molecule has 0 radical (unpaired) electrons. The summed E-state index contributed by atoms with van der Waals surface area (Å²) in [5, 5.41) is 9.11. The second-order valence-electron chi connectivity index (χ2n) is 5.19. The number of carboxylic acid groups (broad SMARTS) is 1. The summed E-state index contributed by atoms with van der Waals surface area (Å²) in [6, 6.07) is -0.562. The van der Waals surface area contributed by atoms with Crippen LogP contribution in [-0.4, -0.2) is 35.1 Å². The fraction of sp³-hybridized carbons (Fsp3) is 0.667. The quantitative estimate of drug-likeness (QED) is 0.850. The molecule has 1 saturated carbocycles. The van der Waals surface area contributed by atoms with Crippen molar-refractivity contribution >= 4 is 16.0 Å². The van der Waals surface area contributed by atoms with Crippen molar-refractivity contribution in [3.05, 3.63) is 12.0 Å². The molecule has 8 heteroatoms. The first-order chi connectivity index (χ1) is 9.31. The highest BCUT2D eigenvalue weighted by atomic mass is 32.2. The van der Waals surface area contributed by atoms with E-state index in [-0.39, 0.29) is 5.03 Å². The van der Waals surface area contributed by atoms with E-state index in [0.717, 1.165) is 12.8 Å². The number of carboxylic acids is 1. The van der Waals surface area contributed by atoms with Crippen LogP contribution in [0.4, 0.5) is 0 Å². The molecule has 0 amide bonds. The SMILES string of the molecule is Cc1nc(S(=O)(=O)NC2CCCCC2C(=O)O)cn1C. The Morgan fingerprint density at radius 3 is 2.65 bits per heavy atom. The van der Waals surface area contributed by atoms with Crippen molar-refractivity contribution in [2.75, 3.05) is 0 Å². The molecular formula is C12H19N3O4S. The summed E-state index contributed by atoms with van der Waals surface area (Å²) in [6.07, 6.45) is 4.12. The summed E-state index contributed by atoms with van der Waals surface area (Å²) in [5.74, 6) is -1.03. The standard InChI is InChI=1S/C12H19N3O4S/c1-8-13-11(7-15(8)2)20(18,19)14-10-6-4-3-5-9(10)12(16)17/h7,9-10,14H,3-6H2,1-2H3,(H,16,17). The third-order valence-corrected chi connectivity index (χ3v) is 5.11. The van der Waals surface area contributed by atoms with Crippen LogP contribution in [0.2, 0.25) is 0 Å². The number of rotatable bonds is 4. The van der Waals surface area contributed by atoms with Crippen LogP contribution in [-0.2, 0) is 21.9 Å². The second-order valence-corrected chi connectivity index (χ2v) is 6.86. The molecule has 1 aliphatic carbocycles. The molecule has 112 valence electrons. The largest absolute Gasteiger partial charge is 0.481 e. The zero-order valence-corrected chi connectivity index (χ0v) is 12.4. The minimum Gasteiger partial charge on any atom is -0.481 e. The second kappa shape index (κ2) is 5.53. The number of nitrogens with one attached hydrogen (secondary N) is 1. The van der Waals surface area contributed by atoms with Crippen molar-refractivity contribution in [1.29, 1.82) is 0 Å². The van der Waals surface area contributed by atoms with E-state index in [0.29, 0.717) is 18.7 Å². The van der Waals surface area contributed by atoms with E-state index in [1.807, 2.05) is 0 Å². The first-order valence-electron chi connectivity index (χ1n) is 6.56. The molecule has 2 unspecified atom stereocenters. The van der Waals surface area contributed by atoms with Gasteiger partial charge in [-0.05, 0) is 19.8 Å². The molecule has 1 fully saturated rings. The molecular weight excluding hydrogens is 282 g/mol. The van der Waals surface area contributed by atoms with Gasteiger partial charge in [-0.1, -0.05) is 12.8 Å². The van der Waals surface area contributed by atoms with E-state index in [2.05, 4.69) is 9.71 Å². The molecule has 0 saturated heterocycles. The highest BCUT2D eigenvalue weighted by Crippen LogP contribution is 2.26. The van der Waals surface area contributed by atoms with Crippen LogP contribution < -0.4 is 4.72 Å². The Hall–Kier alpha value is -1.41. The van der Waals surface area contributed by atoms with Crippen molar-refractivity contribution in [3.8, 4) is 0 Å². The Morgan fingerprint density at radius 2 is 2.10 bits per heavy atom. The van der Waals surface area contributed by atoms with Crippen LogP contribution in [0.5, 0.6) is 0 Å². The maximum Gasteiger partial charge on any atom is 0.308 e. The minimum absolute atomic E-state index is 0.0628. The predicted octanol–water partition coefficient (Wildman–Crippen LogP) is 0.650. The first-order valence-corrected chi connectivity index (χ1v) is 8.04. The van der Waals surface area contributed by atoms with Gasteiger partial charge in [0, 0.05) is 19.3 Å². The van der Waals surface area contributed by atoms with Crippen LogP contribution in [0.15, 0.2) is 11.2 Å². The summed E-state index contributed by atoms with van der Waals surface area (Å²) in [7, 11) is -2.06. The van der Waals surface area contributed by atoms with Gasteiger partial charge in [0.25, 0.3) is 10.0 Å². The third-order valence-electron chi connectivity index (χ3n) is 3.75. The maximum atomic E-state index is 12.3. The number of hydrogen-bond donors (Lipinski definition) is 2. The van der Waals surface area contributed by atoms with Gasteiger partial charge in [0.1, 0.15) is 5.82 Å². The Labute approximate surface area is 118 Å². The van der Waals surface area contributed by atoms with Crippen molar-refractivity contribution in [1.82, 2.24) is 14.3 Å². The van der Waals surface area contributed by atoms with Crippen LogP contribution in [0, 0.1) is 12.8 Å². The fourth-order valence-electron chi connectivity index (χ4n) is 2.48. The van der Waals surface area contributed by atoms with Crippen molar-refractivity contribution in [2.24, 2.45) is 13.0 Å². The lowest BCUT2D eigenvalue weighted by Crippen LogP contribution is -2.45. The third kappa shape index (κ3) is 3.01. The van der Waals surface area contributed by atoms with Crippen LogP contribution in [0.25, 0.3) is 0 Å². The molecule has 0 aromatic carbocycles. The van der Waals surface area contributed by atoms with E-state index >= 15 is 0 Å². The average Bonchev–Trinajstić information content (AvgIpc) is 2.70. The Kier molecular flexibility index (Phi) is 4.14. The molecule has 0 spiro atoms. The molecule has 7 nitrogen and oxygen atoms in total. The number of carbonyl (C=O) groups is 1. The first kappa shape index (κ1) is 15.0. The molecule has 0 bridgehead atoms. The molecule has 2 rings (SSSR count). The topological polar surface area (TPSA) is 101 Å². The monoisotopic (exact) mass is 301 g/mol. The number of aliphatic carboxylic acids is 1. The average molecular weight is 301 g/mol. The van der Waals surface area contributed by atoms with Gasteiger partial charge in [-0.25, -0.2) is 18.1 Å². The van der Waals surface area contributed by atoms with Gasteiger partial charge in [-0.3, -0.25) is 4.79 Å². The van der Waals surface area contributed by atoms with Crippen LogP contribution >= 0.6 is 0 Å². The summed E-state index contributed by atoms with van der Waals surface area (Å²) in [5.41, 5.74) is 0. The maximum absolute atomic E-state index is 12.3. The van der Waals surface area contributed by atoms with Gasteiger partial charge in [0.2, 0.25) is 0 Å². The zero-order valence-electron chi connectivity index (χ0n) is 11.5. The number of aryl methyl sites for hydroxylation is 2. The number of nitrogens with zero attached hydrogens (tertiary/aromatic N) is 2. The minimum atomic E-state index is -3.77. The van der Waals surface area contributed by atoms with Gasteiger partial charge in [0.15, 0.2) is 5.03 Å². The van der Waals surface area contributed by atoms with Crippen LogP contribution in [0.1, 0.15) is 31.5 Å². The lowest BCUT2D eigenvalue weighted by atomic mass is 9.85. The fourth-order valence-corrected chi connectivity index (χ4v) is 3.83. The summed E-state index contributed by atoms with van der Waals surface area (Å²) in [4.78, 5) is 15.2. The normalized spacial score (nSPS) is 23.7. The van der Waals surface area contributed by atoms with E-state index in [1.54, 1.807) is 18.5 Å². The van der Waals surface area contributed by atoms with Crippen molar-refractivity contribution < 1.29 is 18.3 Å². The Bertz CT molecular complexity index is 589. The molecule has 2 atom stereocenters. The number of hydrogen-bond acceptors (Lipinski definition) is 4. The number of sulfonamides is 1. The smallest absolute Gasteiger partial charge is 0.308 e. The highest BCUT2D eigenvalue weighted by molar-refractivity contribution is 7.89. The van der Waals surface area contributed by atoms with Gasteiger partial charge in [-0.2, -0.15) is 0 Å². The molecule has 1 aliphatic rings. The molecule has 20 heavy (non-hydrogen) atoms. The molecule has 1 heterocycles. The Morgan fingerprint density at radius 1 is 1.45 bits per heavy atom. The Balaban J connectivity index is 2.20. The molecule has 1 aromatic heterocycles. The van der Waals surface area contributed by atoms with Gasteiger partial charge in [-0.15, -0.1) is 0 Å². The van der Waals surface area contributed by atoms with Crippen molar-refractivity contribution in [3.63, 3.8) is 0 Å². The van der Waals surface area contributed by atoms with Gasteiger partial charge >= 0.3 is 5.97 Å².